The van der Waals surface area contributed by atoms with Gasteiger partial charge in [0.15, 0.2) is 0 Å². The number of pyridine rings is 1. The molecule has 0 spiro atoms. The van der Waals surface area contributed by atoms with E-state index in [0.29, 0.717) is 29.3 Å². The molecule has 1 saturated carbocycles. The van der Waals surface area contributed by atoms with Crippen LogP contribution in [0.4, 0.5) is 17.3 Å². The number of H-pyrrole nitrogens is 1. The lowest BCUT2D eigenvalue weighted by atomic mass is 9.74. The number of rotatable bonds is 5. The summed E-state index contributed by atoms with van der Waals surface area (Å²) >= 11 is 0. The van der Waals surface area contributed by atoms with Crippen molar-refractivity contribution in [1.29, 1.82) is 0 Å². The monoisotopic (exact) mass is 442 g/mol. The lowest BCUT2D eigenvalue weighted by molar-refractivity contribution is 0.149. The third-order valence-electron chi connectivity index (χ3n) is 6.93. The molecule has 7 nitrogen and oxygen atoms in total. The average molecular weight is 443 g/mol. The Labute approximate surface area is 193 Å². The molecule has 3 unspecified atom stereocenters. The highest BCUT2D eigenvalue weighted by atomic mass is 16.1. The van der Waals surface area contributed by atoms with Crippen molar-refractivity contribution in [1.82, 2.24) is 24.7 Å². The fourth-order valence-corrected chi connectivity index (χ4v) is 5.23. The van der Waals surface area contributed by atoms with Crippen LogP contribution in [0.25, 0.3) is 11.0 Å². The molecule has 3 atom stereocenters. The van der Waals surface area contributed by atoms with Gasteiger partial charge < -0.3 is 0 Å². The number of nitrogens with zero attached hydrogens (tertiary/aromatic N) is 5. The van der Waals surface area contributed by atoms with Crippen LogP contribution in [0.2, 0.25) is 0 Å². The summed E-state index contributed by atoms with van der Waals surface area (Å²) in [6.07, 6.45) is 8.72. The summed E-state index contributed by atoms with van der Waals surface area (Å²) in [5.41, 5.74) is 2.46. The first kappa shape index (κ1) is 21.4. The molecule has 1 aliphatic rings. The van der Waals surface area contributed by atoms with Crippen LogP contribution in [0.1, 0.15) is 46.1 Å². The standard InChI is InChI=1S/C26H30N6O/c1-17(2)22-11-9-18(3)13-23(22)32-24(33)12-10-19-14-27-26(30-25(19)32)31(21-15-28-29-16-21)20-7-5-4-6-8-20/h4-8,10,12,14-18,22-23H,9,11,13H2,1-3H3,(H,28,29). The molecule has 0 amide bonds. The number of hydrogen-bond acceptors (Lipinski definition) is 5. The van der Waals surface area contributed by atoms with Gasteiger partial charge in [-0.15, -0.1) is 0 Å². The van der Waals surface area contributed by atoms with Gasteiger partial charge in [-0.1, -0.05) is 45.4 Å². The molecule has 3 heterocycles. The number of aromatic amines is 1. The Kier molecular flexibility index (Phi) is 5.70. The van der Waals surface area contributed by atoms with Crippen molar-refractivity contribution in [2.45, 2.75) is 46.1 Å². The van der Waals surface area contributed by atoms with E-state index in [1.54, 1.807) is 12.3 Å². The molecule has 33 heavy (non-hydrogen) atoms. The molecule has 0 bridgehead atoms. The number of para-hydroxylation sites is 1. The Hall–Kier alpha value is -3.48. The van der Waals surface area contributed by atoms with E-state index in [1.807, 2.05) is 58.3 Å². The van der Waals surface area contributed by atoms with Crippen molar-refractivity contribution in [3.8, 4) is 0 Å². The lowest BCUT2D eigenvalue weighted by Gasteiger charge is -2.38. The normalized spacial score (nSPS) is 20.9. The highest BCUT2D eigenvalue weighted by molar-refractivity contribution is 5.78. The van der Waals surface area contributed by atoms with Crippen LogP contribution in [0.3, 0.4) is 0 Å². The molecule has 1 aliphatic carbocycles. The molecular weight excluding hydrogens is 412 g/mol. The summed E-state index contributed by atoms with van der Waals surface area (Å²) in [4.78, 5) is 24.9. The largest absolute Gasteiger partial charge is 0.289 e. The van der Waals surface area contributed by atoms with Crippen molar-refractivity contribution >= 4 is 28.4 Å². The van der Waals surface area contributed by atoms with Gasteiger partial charge >= 0.3 is 0 Å². The zero-order valence-corrected chi connectivity index (χ0v) is 19.3. The van der Waals surface area contributed by atoms with E-state index in [4.69, 9.17) is 4.98 Å². The second-order valence-corrected chi connectivity index (χ2v) is 9.51. The Morgan fingerprint density at radius 3 is 2.61 bits per heavy atom. The molecule has 4 aromatic rings. The quantitative estimate of drug-likeness (QED) is 0.434. The maximum Gasteiger partial charge on any atom is 0.252 e. The van der Waals surface area contributed by atoms with Gasteiger partial charge in [-0.3, -0.25) is 19.4 Å². The fraction of sp³-hybridized carbons (Fsp3) is 0.385. The number of fused-ring (bicyclic) bond motifs is 1. The third kappa shape index (κ3) is 4.03. The van der Waals surface area contributed by atoms with Crippen LogP contribution in [0, 0.1) is 17.8 Å². The minimum absolute atomic E-state index is 0.00599. The van der Waals surface area contributed by atoms with Crippen LogP contribution in [-0.4, -0.2) is 24.7 Å². The van der Waals surface area contributed by atoms with E-state index in [0.717, 1.165) is 29.6 Å². The highest BCUT2D eigenvalue weighted by Gasteiger charge is 2.33. The first-order chi connectivity index (χ1) is 16.0. The van der Waals surface area contributed by atoms with E-state index >= 15 is 0 Å². The molecular formula is C26H30N6O. The Morgan fingerprint density at radius 2 is 1.88 bits per heavy atom. The molecule has 0 saturated heterocycles. The lowest BCUT2D eigenvalue weighted by Crippen LogP contribution is -2.36. The number of benzene rings is 1. The predicted molar refractivity (Wildman–Crippen MR) is 131 cm³/mol. The molecule has 5 rings (SSSR count). The molecule has 170 valence electrons. The Morgan fingerprint density at radius 1 is 1.06 bits per heavy atom. The minimum atomic E-state index is 0.00599. The van der Waals surface area contributed by atoms with Crippen molar-refractivity contribution in [2.75, 3.05) is 4.90 Å². The number of hydrogen-bond donors (Lipinski definition) is 1. The van der Waals surface area contributed by atoms with Gasteiger partial charge in [-0.25, -0.2) is 4.98 Å². The maximum absolute atomic E-state index is 13.3. The molecule has 1 N–H and O–H groups in total. The number of anilines is 3. The summed E-state index contributed by atoms with van der Waals surface area (Å²) in [5.74, 6) is 2.04. The van der Waals surface area contributed by atoms with Gasteiger partial charge in [0.05, 0.1) is 11.9 Å². The molecule has 0 radical (unpaired) electrons. The average Bonchev–Trinajstić information content (AvgIpc) is 3.34. The van der Waals surface area contributed by atoms with Crippen LogP contribution >= 0.6 is 0 Å². The number of nitrogens with one attached hydrogen (secondary N) is 1. The van der Waals surface area contributed by atoms with E-state index < -0.39 is 0 Å². The highest BCUT2D eigenvalue weighted by Crippen LogP contribution is 2.41. The summed E-state index contributed by atoms with van der Waals surface area (Å²) in [6, 6.07) is 13.6. The molecule has 1 aromatic carbocycles. The summed E-state index contributed by atoms with van der Waals surface area (Å²) in [5, 5.41) is 7.88. The second-order valence-electron chi connectivity index (χ2n) is 9.51. The van der Waals surface area contributed by atoms with Gasteiger partial charge in [-0.05, 0) is 48.8 Å². The van der Waals surface area contributed by atoms with Crippen molar-refractivity contribution < 1.29 is 0 Å². The van der Waals surface area contributed by atoms with Gasteiger partial charge in [0, 0.05) is 35.6 Å². The zero-order valence-electron chi connectivity index (χ0n) is 19.3. The Balaban J connectivity index is 1.70. The van der Waals surface area contributed by atoms with Crippen LogP contribution in [-0.2, 0) is 0 Å². The summed E-state index contributed by atoms with van der Waals surface area (Å²) < 4.78 is 1.94. The summed E-state index contributed by atoms with van der Waals surface area (Å²) in [6.45, 7) is 6.82. The predicted octanol–water partition coefficient (Wildman–Crippen LogP) is 5.62. The molecule has 1 fully saturated rings. The SMILES string of the molecule is CC1CCC(C(C)C)C(n2c(=O)ccc3cnc(N(c4ccccc4)c4cn[nH]c4)nc32)C1. The van der Waals surface area contributed by atoms with E-state index in [9.17, 15) is 4.79 Å². The van der Waals surface area contributed by atoms with Crippen molar-refractivity contribution in [3.05, 3.63) is 71.4 Å². The maximum atomic E-state index is 13.3. The van der Waals surface area contributed by atoms with E-state index in [2.05, 4.69) is 36.0 Å². The van der Waals surface area contributed by atoms with Gasteiger partial charge in [0.25, 0.3) is 5.56 Å². The van der Waals surface area contributed by atoms with Crippen LogP contribution in [0.15, 0.2) is 65.8 Å². The van der Waals surface area contributed by atoms with Crippen LogP contribution < -0.4 is 10.5 Å². The second kappa shape index (κ2) is 8.81. The zero-order chi connectivity index (χ0) is 22.9. The van der Waals surface area contributed by atoms with Gasteiger partial charge in [-0.2, -0.15) is 10.1 Å². The molecule has 0 aliphatic heterocycles. The van der Waals surface area contributed by atoms with Gasteiger partial charge in [0.1, 0.15) is 5.65 Å². The minimum Gasteiger partial charge on any atom is -0.289 e. The van der Waals surface area contributed by atoms with E-state index in [-0.39, 0.29) is 11.6 Å². The van der Waals surface area contributed by atoms with Crippen LogP contribution in [0.5, 0.6) is 0 Å². The fourth-order valence-electron chi connectivity index (χ4n) is 5.23. The first-order valence-corrected chi connectivity index (χ1v) is 11.7. The van der Waals surface area contributed by atoms with Crippen molar-refractivity contribution in [3.63, 3.8) is 0 Å². The first-order valence-electron chi connectivity index (χ1n) is 11.7. The van der Waals surface area contributed by atoms with Gasteiger partial charge in [0.2, 0.25) is 5.95 Å². The van der Waals surface area contributed by atoms with E-state index in [1.165, 1.54) is 6.42 Å². The third-order valence-corrected chi connectivity index (χ3v) is 6.93. The number of aromatic nitrogens is 5. The van der Waals surface area contributed by atoms with Crippen molar-refractivity contribution in [2.24, 2.45) is 17.8 Å². The smallest absolute Gasteiger partial charge is 0.252 e. The molecule has 3 aromatic heterocycles. The Bertz CT molecular complexity index is 1280. The molecule has 7 heteroatoms. The summed E-state index contributed by atoms with van der Waals surface area (Å²) in [7, 11) is 0. The topological polar surface area (TPSA) is 79.7 Å².